The average molecular weight is 344 g/mol. The molecule has 126 valence electrons. The summed E-state index contributed by atoms with van der Waals surface area (Å²) in [5.74, 6) is 0.00280. The minimum atomic E-state index is -3.29. The van der Waals surface area contributed by atoms with E-state index in [2.05, 4.69) is 5.32 Å². The van der Waals surface area contributed by atoms with Gasteiger partial charge in [0.25, 0.3) is 0 Å². The van der Waals surface area contributed by atoms with E-state index in [-0.39, 0.29) is 43.3 Å². The van der Waals surface area contributed by atoms with Gasteiger partial charge in [-0.15, -0.1) is 12.4 Å². The molecule has 0 bridgehead atoms. The SMILES string of the molecule is CNCC(=O)N1CCN(S(=O)(=O)CCOC(C)C)CC1.Cl. The molecule has 0 saturated carbocycles. The lowest BCUT2D eigenvalue weighted by atomic mass is 10.3. The minimum absolute atomic E-state index is 0. The first-order valence-corrected chi connectivity index (χ1v) is 8.49. The largest absolute Gasteiger partial charge is 0.378 e. The maximum absolute atomic E-state index is 12.1. The van der Waals surface area contributed by atoms with E-state index in [1.165, 1.54) is 4.31 Å². The molecule has 0 radical (unpaired) electrons. The number of hydrogen-bond donors (Lipinski definition) is 1. The molecule has 0 aromatic heterocycles. The van der Waals surface area contributed by atoms with Crippen molar-refractivity contribution in [3.8, 4) is 0 Å². The van der Waals surface area contributed by atoms with Gasteiger partial charge in [0, 0.05) is 26.2 Å². The van der Waals surface area contributed by atoms with Crippen molar-refractivity contribution in [2.45, 2.75) is 20.0 Å². The molecule has 1 amide bonds. The number of likely N-dealkylation sites (N-methyl/N-ethyl adjacent to an activating group) is 1. The third kappa shape index (κ3) is 6.92. The van der Waals surface area contributed by atoms with Crippen LogP contribution in [0.2, 0.25) is 0 Å². The van der Waals surface area contributed by atoms with E-state index in [9.17, 15) is 13.2 Å². The Hall–Kier alpha value is -0.410. The number of nitrogens with zero attached hydrogens (tertiary/aromatic N) is 2. The fraction of sp³-hybridized carbons (Fsp3) is 0.917. The Bertz CT molecular complexity index is 409. The third-order valence-corrected chi connectivity index (χ3v) is 4.94. The second kappa shape index (κ2) is 9.58. The van der Waals surface area contributed by atoms with Gasteiger partial charge in [0.05, 0.1) is 25.0 Å². The number of piperazine rings is 1. The summed E-state index contributed by atoms with van der Waals surface area (Å²) < 4.78 is 30.9. The lowest BCUT2D eigenvalue weighted by Crippen LogP contribution is -2.52. The highest BCUT2D eigenvalue weighted by atomic mass is 35.5. The van der Waals surface area contributed by atoms with Crippen LogP contribution in [0.25, 0.3) is 0 Å². The summed E-state index contributed by atoms with van der Waals surface area (Å²) in [6, 6.07) is 0. The van der Waals surface area contributed by atoms with Crippen LogP contribution in [0.4, 0.5) is 0 Å². The molecule has 1 heterocycles. The van der Waals surface area contributed by atoms with Gasteiger partial charge in [0.15, 0.2) is 0 Å². The predicted molar refractivity (Wildman–Crippen MR) is 84.2 cm³/mol. The molecule has 0 aliphatic carbocycles. The number of hydrogen-bond acceptors (Lipinski definition) is 5. The fourth-order valence-corrected chi connectivity index (χ4v) is 3.28. The van der Waals surface area contributed by atoms with E-state index in [1.807, 2.05) is 13.8 Å². The number of rotatable bonds is 7. The first-order valence-electron chi connectivity index (χ1n) is 6.88. The molecule has 1 saturated heterocycles. The van der Waals surface area contributed by atoms with Gasteiger partial charge >= 0.3 is 0 Å². The van der Waals surface area contributed by atoms with Crippen LogP contribution in [0.15, 0.2) is 0 Å². The first kappa shape index (κ1) is 20.6. The van der Waals surface area contributed by atoms with E-state index in [0.717, 1.165) is 0 Å². The predicted octanol–water partition coefficient (Wildman–Crippen LogP) is -0.473. The highest BCUT2D eigenvalue weighted by molar-refractivity contribution is 7.89. The van der Waals surface area contributed by atoms with Gasteiger partial charge in [0.1, 0.15) is 0 Å². The normalized spacial score (nSPS) is 16.9. The van der Waals surface area contributed by atoms with Crippen molar-refractivity contribution in [3.05, 3.63) is 0 Å². The summed E-state index contributed by atoms with van der Waals surface area (Å²) in [4.78, 5) is 13.4. The number of sulfonamides is 1. The zero-order valence-electron chi connectivity index (χ0n) is 12.9. The van der Waals surface area contributed by atoms with Gasteiger partial charge in [-0.25, -0.2) is 8.42 Å². The van der Waals surface area contributed by atoms with Gasteiger partial charge < -0.3 is 15.0 Å². The molecule has 1 N–H and O–H groups in total. The molecule has 21 heavy (non-hydrogen) atoms. The van der Waals surface area contributed by atoms with Crippen LogP contribution in [-0.2, 0) is 19.6 Å². The zero-order valence-corrected chi connectivity index (χ0v) is 14.5. The van der Waals surface area contributed by atoms with Crippen LogP contribution in [0.5, 0.6) is 0 Å². The molecule has 1 fully saturated rings. The lowest BCUT2D eigenvalue weighted by molar-refractivity contribution is -0.131. The van der Waals surface area contributed by atoms with Gasteiger partial charge in [-0.05, 0) is 20.9 Å². The van der Waals surface area contributed by atoms with Crippen LogP contribution >= 0.6 is 12.4 Å². The van der Waals surface area contributed by atoms with Crippen LogP contribution in [0.3, 0.4) is 0 Å². The molecule has 7 nitrogen and oxygen atoms in total. The maximum atomic E-state index is 12.1. The number of carbonyl (C=O) groups excluding carboxylic acids is 1. The Kier molecular flexibility index (Phi) is 9.39. The number of ether oxygens (including phenoxy) is 1. The smallest absolute Gasteiger partial charge is 0.236 e. The topological polar surface area (TPSA) is 79.0 Å². The maximum Gasteiger partial charge on any atom is 0.236 e. The van der Waals surface area contributed by atoms with Crippen molar-refractivity contribution in [3.63, 3.8) is 0 Å². The van der Waals surface area contributed by atoms with Crippen molar-refractivity contribution in [2.24, 2.45) is 0 Å². The lowest BCUT2D eigenvalue weighted by Gasteiger charge is -2.34. The summed E-state index contributed by atoms with van der Waals surface area (Å²) in [5.41, 5.74) is 0. The standard InChI is InChI=1S/C12H25N3O4S.ClH/c1-11(2)19-8-9-20(17,18)15-6-4-14(5-7-15)12(16)10-13-3;/h11,13H,4-10H2,1-3H3;1H. The number of nitrogens with one attached hydrogen (secondary N) is 1. The molecule has 1 rings (SSSR count). The van der Waals surface area contributed by atoms with Gasteiger partial charge in [-0.2, -0.15) is 4.31 Å². The second-order valence-electron chi connectivity index (χ2n) is 5.05. The molecule has 1 aliphatic rings. The zero-order chi connectivity index (χ0) is 15.2. The Balaban J connectivity index is 0.00000400. The molecule has 0 atom stereocenters. The van der Waals surface area contributed by atoms with Crippen molar-refractivity contribution in [2.75, 3.05) is 52.1 Å². The summed E-state index contributed by atoms with van der Waals surface area (Å²) >= 11 is 0. The summed E-state index contributed by atoms with van der Waals surface area (Å²) in [5, 5.41) is 2.81. The number of amides is 1. The summed E-state index contributed by atoms with van der Waals surface area (Å²) in [6.45, 7) is 5.86. The van der Waals surface area contributed by atoms with Crippen molar-refractivity contribution in [1.29, 1.82) is 0 Å². The Morgan fingerprint density at radius 1 is 1.24 bits per heavy atom. The number of halogens is 1. The van der Waals surface area contributed by atoms with E-state index < -0.39 is 10.0 Å². The Morgan fingerprint density at radius 2 is 1.81 bits per heavy atom. The highest BCUT2D eigenvalue weighted by Gasteiger charge is 2.28. The molecule has 9 heteroatoms. The minimum Gasteiger partial charge on any atom is -0.378 e. The van der Waals surface area contributed by atoms with Gasteiger partial charge in [0.2, 0.25) is 15.9 Å². The van der Waals surface area contributed by atoms with Crippen LogP contribution in [0, 0.1) is 0 Å². The Morgan fingerprint density at radius 3 is 2.29 bits per heavy atom. The first-order chi connectivity index (χ1) is 9.36. The molecule has 0 spiro atoms. The van der Waals surface area contributed by atoms with Crippen LogP contribution < -0.4 is 5.32 Å². The van der Waals surface area contributed by atoms with Crippen molar-refractivity contribution in [1.82, 2.24) is 14.5 Å². The van der Waals surface area contributed by atoms with Gasteiger partial charge in [-0.1, -0.05) is 0 Å². The summed E-state index contributed by atoms with van der Waals surface area (Å²) in [7, 11) is -1.57. The quantitative estimate of drug-likeness (QED) is 0.676. The molecular weight excluding hydrogens is 318 g/mol. The van der Waals surface area contributed by atoms with Crippen LogP contribution in [-0.4, -0.2) is 81.8 Å². The molecular formula is C12H26ClN3O4S. The van der Waals surface area contributed by atoms with Crippen molar-refractivity contribution >= 4 is 28.3 Å². The van der Waals surface area contributed by atoms with E-state index in [0.29, 0.717) is 26.2 Å². The fourth-order valence-electron chi connectivity index (χ4n) is 2.00. The summed E-state index contributed by atoms with van der Waals surface area (Å²) in [6.07, 6.45) is 0.0289. The average Bonchev–Trinajstić information content (AvgIpc) is 2.38. The van der Waals surface area contributed by atoms with E-state index >= 15 is 0 Å². The molecule has 0 aromatic rings. The molecule has 0 unspecified atom stereocenters. The molecule has 0 aromatic carbocycles. The second-order valence-corrected chi connectivity index (χ2v) is 7.13. The molecule has 1 aliphatic heterocycles. The van der Waals surface area contributed by atoms with E-state index in [4.69, 9.17) is 4.74 Å². The van der Waals surface area contributed by atoms with Crippen LogP contribution in [0.1, 0.15) is 13.8 Å². The van der Waals surface area contributed by atoms with Gasteiger partial charge in [-0.3, -0.25) is 4.79 Å². The van der Waals surface area contributed by atoms with E-state index in [1.54, 1.807) is 11.9 Å². The monoisotopic (exact) mass is 343 g/mol. The Labute approximate surface area is 133 Å². The highest BCUT2D eigenvalue weighted by Crippen LogP contribution is 2.08. The third-order valence-electron chi connectivity index (χ3n) is 3.11. The number of carbonyl (C=O) groups is 1. The van der Waals surface area contributed by atoms with Crippen molar-refractivity contribution < 1.29 is 17.9 Å².